The molecule has 25 heavy (non-hydrogen) atoms. The van der Waals surface area contributed by atoms with Gasteiger partial charge in [0.05, 0.1) is 27.4 Å². The monoisotopic (exact) mass is 552 g/mol. The van der Waals surface area contributed by atoms with Crippen LogP contribution in [0.5, 0.6) is 17.2 Å². The Morgan fingerprint density at radius 1 is 0.760 bits per heavy atom. The molecule has 141 valence electrons. The number of ether oxygens (including phenoxy) is 3. The third-order valence-corrected chi connectivity index (χ3v) is 1.47. The Hall–Kier alpha value is -2.05. The number of carboxylic acids is 3. The van der Waals surface area contributed by atoms with Crippen molar-refractivity contribution in [3.63, 3.8) is 0 Å². The van der Waals surface area contributed by atoms with Crippen molar-refractivity contribution in [2.45, 2.75) is 20.8 Å². The van der Waals surface area contributed by atoms with Crippen LogP contribution in [0.25, 0.3) is 0 Å². The zero-order valence-corrected chi connectivity index (χ0v) is 18.7. The SMILES string of the molecule is CC(=O)[O-].CC(=O)[O-].CC(=O)[O-].COc1[c]c(OC)cc(OC)c1.[Pb]. The van der Waals surface area contributed by atoms with Gasteiger partial charge in [0, 0.05) is 57.3 Å². The topological polar surface area (TPSA) is 148 Å². The molecular weight excluding hydrogens is 531 g/mol. The summed E-state index contributed by atoms with van der Waals surface area (Å²) in [6.45, 7) is 2.92. The smallest absolute Gasteiger partial charge is 0.134 e. The fourth-order valence-corrected chi connectivity index (χ4v) is 0.831. The van der Waals surface area contributed by atoms with Gasteiger partial charge in [-0.1, -0.05) is 0 Å². The largest absolute Gasteiger partial charge is 0.550 e. The van der Waals surface area contributed by atoms with Gasteiger partial charge >= 0.3 is 0 Å². The molecule has 10 heteroatoms. The van der Waals surface area contributed by atoms with Crippen LogP contribution in [0, 0.1) is 6.07 Å². The molecule has 0 saturated heterocycles. The summed E-state index contributed by atoms with van der Waals surface area (Å²) < 4.78 is 15.0. The number of methoxy groups -OCH3 is 3. The molecule has 1 aromatic rings. The first-order valence-electron chi connectivity index (χ1n) is 6.22. The van der Waals surface area contributed by atoms with Crippen LogP contribution in [-0.2, 0) is 14.4 Å². The van der Waals surface area contributed by atoms with Gasteiger partial charge in [-0.2, -0.15) is 0 Å². The molecule has 0 saturated carbocycles. The van der Waals surface area contributed by atoms with E-state index in [1.807, 2.05) is 0 Å². The molecule has 0 unspecified atom stereocenters. The molecule has 0 N–H and O–H groups in total. The molecule has 0 aromatic heterocycles. The molecule has 0 aliphatic heterocycles. The molecule has 9 nitrogen and oxygen atoms in total. The van der Waals surface area contributed by atoms with Gasteiger partial charge in [-0.15, -0.1) is 0 Å². The number of hydrogen-bond acceptors (Lipinski definition) is 9. The van der Waals surface area contributed by atoms with Crippen LogP contribution < -0.4 is 29.5 Å². The van der Waals surface area contributed by atoms with E-state index in [1.54, 1.807) is 33.5 Å². The summed E-state index contributed by atoms with van der Waals surface area (Å²) in [7, 11) is 4.74. The van der Waals surface area contributed by atoms with Gasteiger partial charge in [0.1, 0.15) is 17.2 Å². The third kappa shape index (κ3) is 34.3. The third-order valence-electron chi connectivity index (χ3n) is 1.47. The van der Waals surface area contributed by atoms with Crippen LogP contribution in [0.4, 0.5) is 0 Å². The van der Waals surface area contributed by atoms with E-state index >= 15 is 0 Å². The Kier molecular flexibility index (Phi) is 24.6. The van der Waals surface area contributed by atoms with Gasteiger partial charge in [0.25, 0.3) is 0 Å². The van der Waals surface area contributed by atoms with Crippen molar-refractivity contribution in [1.29, 1.82) is 0 Å². The summed E-state index contributed by atoms with van der Waals surface area (Å²) in [6.07, 6.45) is 0. The van der Waals surface area contributed by atoms with Crippen LogP contribution in [0.3, 0.4) is 0 Å². The van der Waals surface area contributed by atoms with Crippen LogP contribution in [0.2, 0.25) is 0 Å². The van der Waals surface area contributed by atoms with Gasteiger partial charge in [0.2, 0.25) is 0 Å². The maximum atomic E-state index is 8.89. The molecule has 0 bridgehead atoms. The average molecular weight is 552 g/mol. The van der Waals surface area contributed by atoms with E-state index in [0.717, 1.165) is 20.8 Å². The Morgan fingerprint density at radius 2 is 1.00 bits per heavy atom. The van der Waals surface area contributed by atoms with Crippen molar-refractivity contribution in [1.82, 2.24) is 0 Å². The second kappa shape index (κ2) is 20.0. The fourth-order valence-electron chi connectivity index (χ4n) is 0.831. The summed E-state index contributed by atoms with van der Waals surface area (Å²) >= 11 is 0. The van der Waals surface area contributed by atoms with Gasteiger partial charge in [-0.25, -0.2) is 0 Å². The minimum Gasteiger partial charge on any atom is -0.550 e. The molecular formula is C15H20O9Pb-3. The molecule has 5 radical (unpaired) electrons. The first-order chi connectivity index (χ1) is 11.0. The zero-order chi connectivity index (χ0) is 19.7. The molecule has 0 heterocycles. The van der Waals surface area contributed by atoms with E-state index in [9.17, 15) is 0 Å². The molecule has 1 rings (SSSR count). The molecule has 0 spiro atoms. The average Bonchev–Trinajstić information content (AvgIpc) is 2.44. The minimum atomic E-state index is -1.08. The van der Waals surface area contributed by atoms with Gasteiger partial charge in [-0.3, -0.25) is 0 Å². The van der Waals surface area contributed by atoms with Crippen molar-refractivity contribution in [2.24, 2.45) is 0 Å². The first kappa shape index (κ1) is 30.8. The quantitative estimate of drug-likeness (QED) is 0.369. The fraction of sp³-hybridized carbons (Fsp3) is 0.400. The number of carbonyl (C=O) groups excluding carboxylic acids is 3. The van der Waals surface area contributed by atoms with E-state index < -0.39 is 17.9 Å². The second-order valence-corrected chi connectivity index (χ2v) is 3.63. The van der Waals surface area contributed by atoms with Gasteiger partial charge < -0.3 is 43.9 Å². The Labute approximate surface area is 166 Å². The number of aliphatic carboxylic acids is 3. The van der Waals surface area contributed by atoms with Gasteiger partial charge in [0.15, 0.2) is 0 Å². The van der Waals surface area contributed by atoms with E-state index in [4.69, 9.17) is 43.9 Å². The maximum Gasteiger partial charge on any atom is 0.134 e. The summed E-state index contributed by atoms with van der Waals surface area (Å²) in [6, 6.07) is 6.37. The van der Waals surface area contributed by atoms with Crippen LogP contribution >= 0.6 is 0 Å². The van der Waals surface area contributed by atoms with E-state index in [2.05, 4.69) is 6.07 Å². The maximum absolute atomic E-state index is 8.89. The normalized spacial score (nSPS) is 7.44. The van der Waals surface area contributed by atoms with Crippen molar-refractivity contribution in [2.75, 3.05) is 21.3 Å². The van der Waals surface area contributed by atoms with Crippen LogP contribution in [0.15, 0.2) is 12.1 Å². The molecule has 0 amide bonds. The predicted octanol–water partition coefficient (Wildman–Crippen LogP) is -2.60. The number of rotatable bonds is 3. The zero-order valence-electron chi connectivity index (χ0n) is 14.8. The second-order valence-electron chi connectivity index (χ2n) is 3.63. The summed E-state index contributed by atoms with van der Waals surface area (Å²) in [5.41, 5.74) is 0. The predicted molar refractivity (Wildman–Crippen MR) is 82.7 cm³/mol. The van der Waals surface area contributed by atoms with Crippen LogP contribution in [-0.4, -0.2) is 66.5 Å². The van der Waals surface area contributed by atoms with E-state index in [0.29, 0.717) is 17.2 Å². The van der Waals surface area contributed by atoms with E-state index in [-0.39, 0.29) is 27.3 Å². The number of carboxylic acid groups (broad SMARTS) is 3. The number of benzene rings is 1. The molecule has 1 aromatic carbocycles. The Bertz CT molecular complexity index is 408. The van der Waals surface area contributed by atoms with Crippen molar-refractivity contribution < 1.29 is 43.9 Å². The summed E-state index contributed by atoms with van der Waals surface area (Å²) in [5, 5.41) is 26.7. The molecule has 0 fully saturated rings. The van der Waals surface area contributed by atoms with Crippen LogP contribution in [0.1, 0.15) is 20.8 Å². The molecule has 0 aliphatic carbocycles. The summed E-state index contributed by atoms with van der Waals surface area (Å²) in [5.74, 6) is -1.35. The Morgan fingerprint density at radius 3 is 1.16 bits per heavy atom. The Balaban J connectivity index is -0.000000142. The van der Waals surface area contributed by atoms with Crippen molar-refractivity contribution in [3.05, 3.63) is 18.2 Å². The van der Waals surface area contributed by atoms with Crippen molar-refractivity contribution in [3.8, 4) is 17.2 Å². The first-order valence-corrected chi connectivity index (χ1v) is 6.22. The van der Waals surface area contributed by atoms with E-state index in [1.165, 1.54) is 0 Å². The minimum absolute atomic E-state index is 0. The molecule has 0 atom stereocenters. The number of carbonyl (C=O) groups is 3. The van der Waals surface area contributed by atoms with Gasteiger partial charge in [-0.05, 0) is 20.8 Å². The van der Waals surface area contributed by atoms with Crippen molar-refractivity contribution >= 4 is 45.2 Å². The molecule has 0 aliphatic rings. The summed E-state index contributed by atoms with van der Waals surface area (Å²) in [4.78, 5) is 26.7. The standard InChI is InChI=1S/C9H11O3.3C2H4O2.Pb/c1-10-7-4-8(11-2)6-9(5-7)12-3;3*1-2(3)4;/h4-5H,1-3H3;3*1H3,(H,3,4);/p-3. The number of hydrogen-bond donors (Lipinski definition) is 0.